The molecule has 0 aliphatic rings. The molecule has 0 heterocycles. The van der Waals surface area contributed by atoms with Crippen LogP contribution in [0.1, 0.15) is 329 Å². The molecule has 0 N–H and O–H groups in total. The molecule has 6 nitrogen and oxygen atoms in total. The monoisotopic (exact) mass is 969 g/mol. The van der Waals surface area contributed by atoms with Crippen LogP contribution in [0.25, 0.3) is 0 Å². The molecule has 0 aromatic rings. The van der Waals surface area contributed by atoms with Crippen LogP contribution in [0.3, 0.4) is 0 Å². The van der Waals surface area contributed by atoms with Gasteiger partial charge in [-0.25, -0.2) is 0 Å². The zero-order valence-electron chi connectivity index (χ0n) is 46.3. The fourth-order valence-electron chi connectivity index (χ4n) is 9.04. The second kappa shape index (κ2) is 58.2. The number of ether oxygens (including phenoxy) is 3. The van der Waals surface area contributed by atoms with Crippen molar-refractivity contribution in [2.45, 2.75) is 335 Å². The maximum atomic E-state index is 12.9. The minimum Gasteiger partial charge on any atom is -0.462 e. The smallest absolute Gasteiger partial charge is 0.306 e. The molecule has 0 aliphatic heterocycles. The number of rotatable bonds is 56. The molecule has 0 amide bonds. The van der Waals surface area contributed by atoms with E-state index in [1.807, 2.05) is 0 Å². The fourth-order valence-corrected chi connectivity index (χ4v) is 9.04. The SMILES string of the molecule is CCCCC/C=C\C/C=C\C/C=C\CCCCC(=O)OC[C@H](COC(=O)CCCCCCCCCCCCCCCCCCCCCCC)OC(=O)CCCCCCCCCCCCCCCCC. The van der Waals surface area contributed by atoms with Crippen LogP contribution < -0.4 is 0 Å². The lowest BCUT2D eigenvalue weighted by Crippen LogP contribution is -2.30. The van der Waals surface area contributed by atoms with Crippen molar-refractivity contribution in [3.05, 3.63) is 36.5 Å². The topological polar surface area (TPSA) is 78.9 Å². The molecule has 0 saturated carbocycles. The number of hydrogen-bond donors (Lipinski definition) is 0. The zero-order valence-corrected chi connectivity index (χ0v) is 46.3. The highest BCUT2D eigenvalue weighted by Crippen LogP contribution is 2.17. The van der Waals surface area contributed by atoms with Crippen LogP contribution in [-0.4, -0.2) is 37.2 Å². The average molecular weight is 970 g/mol. The molecule has 0 bridgehead atoms. The lowest BCUT2D eigenvalue weighted by atomic mass is 10.0. The molecule has 0 fully saturated rings. The van der Waals surface area contributed by atoms with Crippen molar-refractivity contribution in [2.24, 2.45) is 0 Å². The Balaban J connectivity index is 4.32. The highest BCUT2D eigenvalue weighted by Gasteiger charge is 2.19. The molecular formula is C63H116O6. The standard InChI is InChI=1S/C63H116O6/c1-4-7-10-13-16-19-22-25-28-29-30-31-32-33-36-38-41-44-47-50-53-56-62(65)68-59-60(69-63(66)57-54-51-48-45-42-39-35-27-24-21-18-15-12-9-6-3)58-67-61(64)55-52-49-46-43-40-37-34-26-23-20-17-14-11-8-5-2/h17,20,26,34,40,43,60H,4-16,18-19,21-25,27-33,35-39,41-42,44-59H2,1-3H3/b20-17-,34-26-,43-40-/t60-/m1/s1. The predicted molar refractivity (Wildman–Crippen MR) is 298 cm³/mol. The van der Waals surface area contributed by atoms with Crippen LogP contribution in [0.4, 0.5) is 0 Å². The Morgan fingerprint density at radius 1 is 0.290 bits per heavy atom. The Hall–Kier alpha value is -2.37. The van der Waals surface area contributed by atoms with Crippen LogP contribution in [-0.2, 0) is 28.6 Å². The van der Waals surface area contributed by atoms with Crippen molar-refractivity contribution in [1.29, 1.82) is 0 Å². The first-order valence-electron chi connectivity index (χ1n) is 30.5. The van der Waals surface area contributed by atoms with Crippen molar-refractivity contribution in [3.63, 3.8) is 0 Å². The molecule has 404 valence electrons. The summed E-state index contributed by atoms with van der Waals surface area (Å²) >= 11 is 0. The van der Waals surface area contributed by atoms with Gasteiger partial charge in [-0.15, -0.1) is 0 Å². The lowest BCUT2D eigenvalue weighted by Gasteiger charge is -2.18. The summed E-state index contributed by atoms with van der Waals surface area (Å²) in [5.41, 5.74) is 0. The van der Waals surface area contributed by atoms with Crippen molar-refractivity contribution < 1.29 is 28.6 Å². The summed E-state index contributed by atoms with van der Waals surface area (Å²) in [7, 11) is 0. The summed E-state index contributed by atoms with van der Waals surface area (Å²) in [5.74, 6) is -0.897. The molecule has 0 spiro atoms. The Kier molecular flexibility index (Phi) is 56.2. The molecule has 0 saturated heterocycles. The van der Waals surface area contributed by atoms with Gasteiger partial charge in [-0.3, -0.25) is 14.4 Å². The van der Waals surface area contributed by atoms with Gasteiger partial charge in [-0.05, 0) is 57.8 Å². The summed E-state index contributed by atoms with van der Waals surface area (Å²) in [4.78, 5) is 38.2. The predicted octanol–water partition coefficient (Wildman–Crippen LogP) is 20.4. The third-order valence-electron chi connectivity index (χ3n) is 13.6. The number of carbonyl (C=O) groups is 3. The molecule has 0 aromatic heterocycles. The Labute approximate surface area is 429 Å². The fraction of sp³-hybridized carbons (Fsp3) is 0.857. The van der Waals surface area contributed by atoms with Crippen LogP contribution >= 0.6 is 0 Å². The maximum absolute atomic E-state index is 12.9. The van der Waals surface area contributed by atoms with Gasteiger partial charge in [0.2, 0.25) is 0 Å². The first-order chi connectivity index (χ1) is 34.0. The van der Waals surface area contributed by atoms with E-state index in [9.17, 15) is 14.4 Å². The number of hydrogen-bond acceptors (Lipinski definition) is 6. The van der Waals surface area contributed by atoms with E-state index in [4.69, 9.17) is 14.2 Å². The van der Waals surface area contributed by atoms with Gasteiger partial charge < -0.3 is 14.2 Å². The summed E-state index contributed by atoms with van der Waals surface area (Å²) in [6.07, 6.45) is 70.0. The Morgan fingerprint density at radius 3 is 0.841 bits per heavy atom. The normalized spacial score (nSPS) is 12.2. The number of unbranched alkanes of at least 4 members (excludes halogenated alkanes) is 39. The van der Waals surface area contributed by atoms with E-state index in [-0.39, 0.29) is 31.1 Å². The van der Waals surface area contributed by atoms with Gasteiger partial charge in [0.05, 0.1) is 0 Å². The van der Waals surface area contributed by atoms with Gasteiger partial charge in [-0.1, -0.05) is 288 Å². The highest BCUT2D eigenvalue weighted by atomic mass is 16.6. The molecular weight excluding hydrogens is 853 g/mol. The van der Waals surface area contributed by atoms with E-state index < -0.39 is 6.10 Å². The minimum atomic E-state index is -0.783. The van der Waals surface area contributed by atoms with Gasteiger partial charge in [0.15, 0.2) is 6.10 Å². The molecule has 0 aliphatic carbocycles. The van der Waals surface area contributed by atoms with Crippen molar-refractivity contribution >= 4 is 17.9 Å². The summed E-state index contributed by atoms with van der Waals surface area (Å²) in [6, 6.07) is 0. The molecule has 6 heteroatoms. The van der Waals surface area contributed by atoms with Crippen LogP contribution in [0.2, 0.25) is 0 Å². The van der Waals surface area contributed by atoms with E-state index in [0.717, 1.165) is 70.6 Å². The number of esters is 3. The van der Waals surface area contributed by atoms with Crippen molar-refractivity contribution in [2.75, 3.05) is 13.2 Å². The van der Waals surface area contributed by atoms with Gasteiger partial charge in [0, 0.05) is 19.3 Å². The number of allylic oxidation sites excluding steroid dienone is 6. The van der Waals surface area contributed by atoms with E-state index in [1.165, 1.54) is 218 Å². The summed E-state index contributed by atoms with van der Waals surface area (Å²) in [6.45, 7) is 6.63. The lowest BCUT2D eigenvalue weighted by molar-refractivity contribution is -0.167. The Bertz CT molecular complexity index is 1160. The van der Waals surface area contributed by atoms with Crippen molar-refractivity contribution in [1.82, 2.24) is 0 Å². The van der Waals surface area contributed by atoms with Crippen LogP contribution in [0, 0.1) is 0 Å². The van der Waals surface area contributed by atoms with Gasteiger partial charge in [0.1, 0.15) is 13.2 Å². The second-order valence-electron chi connectivity index (χ2n) is 20.6. The summed E-state index contributed by atoms with van der Waals surface area (Å²) < 4.78 is 16.9. The molecule has 0 unspecified atom stereocenters. The molecule has 0 radical (unpaired) electrons. The molecule has 1 atom stereocenters. The first kappa shape index (κ1) is 66.6. The minimum absolute atomic E-state index is 0.0789. The van der Waals surface area contributed by atoms with E-state index in [2.05, 4.69) is 57.2 Å². The highest BCUT2D eigenvalue weighted by molar-refractivity contribution is 5.71. The van der Waals surface area contributed by atoms with E-state index in [1.54, 1.807) is 0 Å². The van der Waals surface area contributed by atoms with Crippen LogP contribution in [0.15, 0.2) is 36.5 Å². The largest absolute Gasteiger partial charge is 0.462 e. The Morgan fingerprint density at radius 2 is 0.522 bits per heavy atom. The third kappa shape index (κ3) is 56.4. The van der Waals surface area contributed by atoms with Gasteiger partial charge in [-0.2, -0.15) is 0 Å². The molecule has 0 rings (SSSR count). The summed E-state index contributed by atoms with van der Waals surface area (Å²) in [5, 5.41) is 0. The molecule has 0 aromatic carbocycles. The number of carbonyl (C=O) groups excluding carboxylic acids is 3. The zero-order chi connectivity index (χ0) is 50.0. The van der Waals surface area contributed by atoms with Crippen LogP contribution in [0.5, 0.6) is 0 Å². The van der Waals surface area contributed by atoms with E-state index >= 15 is 0 Å². The second-order valence-corrected chi connectivity index (χ2v) is 20.6. The maximum Gasteiger partial charge on any atom is 0.306 e. The van der Waals surface area contributed by atoms with E-state index in [0.29, 0.717) is 19.3 Å². The molecule has 69 heavy (non-hydrogen) atoms. The van der Waals surface area contributed by atoms with Gasteiger partial charge >= 0.3 is 17.9 Å². The van der Waals surface area contributed by atoms with Gasteiger partial charge in [0.25, 0.3) is 0 Å². The quantitative estimate of drug-likeness (QED) is 0.0261. The van der Waals surface area contributed by atoms with Crippen molar-refractivity contribution in [3.8, 4) is 0 Å². The first-order valence-corrected chi connectivity index (χ1v) is 30.5. The average Bonchev–Trinajstić information content (AvgIpc) is 3.35. The third-order valence-corrected chi connectivity index (χ3v) is 13.6.